The van der Waals surface area contributed by atoms with E-state index in [2.05, 4.69) is 10.2 Å². The molecule has 1 aromatic rings. The van der Waals surface area contributed by atoms with E-state index in [0.29, 0.717) is 15.9 Å². The van der Waals surface area contributed by atoms with Crippen molar-refractivity contribution in [3.63, 3.8) is 0 Å². The van der Waals surface area contributed by atoms with Crippen molar-refractivity contribution >= 4 is 22.3 Å². The molecule has 0 saturated carbocycles. The first-order valence-electron chi connectivity index (χ1n) is 5.28. The average Bonchev–Trinajstić information content (AvgIpc) is 2.71. The number of aromatic nitrogens is 2. The molecule has 1 rings (SSSR count). The highest BCUT2D eigenvalue weighted by molar-refractivity contribution is 7.16. The van der Waals surface area contributed by atoms with Crippen LogP contribution in [0.25, 0.3) is 0 Å². The van der Waals surface area contributed by atoms with Gasteiger partial charge in [0.05, 0.1) is 6.61 Å². The Kier molecular flexibility index (Phi) is 5.44. The molecule has 0 radical (unpaired) electrons. The van der Waals surface area contributed by atoms with Crippen LogP contribution in [0.5, 0.6) is 5.19 Å². The minimum atomic E-state index is -0.421. The number of carbonyl (C=O) groups is 1. The highest BCUT2D eigenvalue weighted by Crippen LogP contribution is 2.19. The predicted molar refractivity (Wildman–Crippen MR) is 68.1 cm³/mol. The number of halogens is 1. The highest BCUT2D eigenvalue weighted by atomic mass is 32.1. The maximum absolute atomic E-state index is 13.4. The van der Waals surface area contributed by atoms with Crippen LogP contribution in [0, 0.1) is 0 Å². The Hall–Kier alpha value is -1.76. The SMILES string of the molecule is C/C=C(\C=C(\F)CCOc1nnc(N)s1)C(C)=O. The summed E-state index contributed by atoms with van der Waals surface area (Å²) in [6.07, 6.45) is 2.83. The van der Waals surface area contributed by atoms with Crippen molar-refractivity contribution in [1.29, 1.82) is 0 Å². The Morgan fingerprint density at radius 3 is 2.78 bits per heavy atom. The van der Waals surface area contributed by atoms with Crippen molar-refractivity contribution < 1.29 is 13.9 Å². The van der Waals surface area contributed by atoms with Crippen LogP contribution in [0.4, 0.5) is 9.52 Å². The molecule has 1 heterocycles. The van der Waals surface area contributed by atoms with Gasteiger partial charge in [0.2, 0.25) is 5.13 Å². The molecule has 0 spiro atoms. The number of nitrogens with two attached hydrogens (primary N) is 1. The quantitative estimate of drug-likeness (QED) is 0.634. The lowest BCUT2D eigenvalue weighted by molar-refractivity contribution is -0.113. The molecule has 2 N–H and O–H groups in total. The van der Waals surface area contributed by atoms with Crippen molar-refractivity contribution in [2.45, 2.75) is 20.3 Å². The second-order valence-electron chi connectivity index (χ2n) is 3.40. The molecular formula is C11H14FN3O2S. The summed E-state index contributed by atoms with van der Waals surface area (Å²) in [7, 11) is 0. The smallest absolute Gasteiger partial charge is 0.295 e. The van der Waals surface area contributed by atoms with Gasteiger partial charge in [-0.3, -0.25) is 4.79 Å². The molecule has 5 nitrogen and oxygen atoms in total. The van der Waals surface area contributed by atoms with Crippen molar-refractivity contribution in [2.75, 3.05) is 12.3 Å². The molecule has 0 amide bonds. The number of nitrogen functional groups attached to an aromatic ring is 1. The van der Waals surface area contributed by atoms with Crippen LogP contribution >= 0.6 is 11.3 Å². The third-order valence-electron chi connectivity index (χ3n) is 2.02. The first-order chi connectivity index (χ1) is 8.52. The first-order valence-corrected chi connectivity index (χ1v) is 6.09. The zero-order chi connectivity index (χ0) is 13.5. The number of ether oxygens (including phenoxy) is 1. The molecule has 0 bridgehead atoms. The van der Waals surface area contributed by atoms with E-state index in [1.54, 1.807) is 13.0 Å². The number of hydrogen-bond acceptors (Lipinski definition) is 6. The molecule has 1 aromatic heterocycles. The predicted octanol–water partition coefficient (Wildman–Crippen LogP) is 2.28. The molecule has 0 aromatic carbocycles. The van der Waals surface area contributed by atoms with Crippen molar-refractivity contribution in [3.05, 3.63) is 23.6 Å². The molecule has 0 aliphatic heterocycles. The largest absolute Gasteiger partial charge is 0.468 e. The summed E-state index contributed by atoms with van der Waals surface area (Å²) >= 11 is 1.09. The van der Waals surface area contributed by atoms with Gasteiger partial charge in [-0.25, -0.2) is 4.39 Å². The summed E-state index contributed by atoms with van der Waals surface area (Å²) in [5.41, 5.74) is 5.70. The molecule has 0 unspecified atom stereocenters. The Morgan fingerprint density at radius 2 is 2.28 bits per heavy atom. The molecule has 18 heavy (non-hydrogen) atoms. The Balaban J connectivity index is 2.43. The van der Waals surface area contributed by atoms with Gasteiger partial charge in [-0.05, 0) is 31.3 Å². The lowest BCUT2D eigenvalue weighted by atomic mass is 10.1. The van der Waals surface area contributed by atoms with Gasteiger partial charge in [-0.1, -0.05) is 11.2 Å². The summed E-state index contributed by atoms with van der Waals surface area (Å²) in [5, 5.41) is 7.79. The highest BCUT2D eigenvalue weighted by Gasteiger charge is 2.05. The van der Waals surface area contributed by atoms with Gasteiger partial charge in [-0.2, -0.15) is 0 Å². The molecule has 0 aliphatic carbocycles. The van der Waals surface area contributed by atoms with Crippen LogP contribution in [0.1, 0.15) is 20.3 Å². The molecule has 0 fully saturated rings. The summed E-state index contributed by atoms with van der Waals surface area (Å²) in [6.45, 7) is 3.19. The molecule has 0 saturated heterocycles. The number of ketones is 1. The zero-order valence-electron chi connectivity index (χ0n) is 10.1. The van der Waals surface area contributed by atoms with E-state index in [1.807, 2.05) is 0 Å². The van der Waals surface area contributed by atoms with E-state index in [-0.39, 0.29) is 18.8 Å². The van der Waals surface area contributed by atoms with Crippen molar-refractivity contribution in [1.82, 2.24) is 10.2 Å². The van der Waals surface area contributed by atoms with Crippen LogP contribution in [-0.2, 0) is 4.79 Å². The fourth-order valence-corrected chi connectivity index (χ4v) is 1.63. The normalized spacial score (nSPS) is 12.6. The second-order valence-corrected chi connectivity index (χ2v) is 4.37. The van der Waals surface area contributed by atoms with Gasteiger partial charge < -0.3 is 10.5 Å². The lowest BCUT2D eigenvalue weighted by Gasteiger charge is -2.00. The van der Waals surface area contributed by atoms with Crippen molar-refractivity contribution in [3.8, 4) is 5.19 Å². The average molecular weight is 271 g/mol. The molecule has 98 valence electrons. The second kappa shape index (κ2) is 6.85. The Labute approximate surface area is 108 Å². The standard InChI is InChI=1S/C11H14FN3O2S/c1-3-8(7(2)16)6-9(12)4-5-17-11-15-14-10(13)18-11/h3,6H,4-5H2,1-2H3,(H2,13,14)/b8-3+,9-6+. The number of anilines is 1. The summed E-state index contributed by atoms with van der Waals surface area (Å²) < 4.78 is 18.6. The van der Waals surface area contributed by atoms with Crippen LogP contribution in [-0.4, -0.2) is 22.6 Å². The lowest BCUT2D eigenvalue weighted by Crippen LogP contribution is -1.99. The van der Waals surface area contributed by atoms with Crippen LogP contribution in [0.3, 0.4) is 0 Å². The van der Waals surface area contributed by atoms with Gasteiger partial charge in [0.25, 0.3) is 5.19 Å². The number of Topliss-reactive ketones (excluding diaryl/α,β-unsaturated/α-hetero) is 1. The topological polar surface area (TPSA) is 78.1 Å². The van der Waals surface area contributed by atoms with E-state index in [1.165, 1.54) is 13.0 Å². The number of rotatable bonds is 6. The number of carbonyl (C=O) groups excluding carboxylic acids is 1. The molecule has 7 heteroatoms. The van der Waals surface area contributed by atoms with Gasteiger partial charge in [0.15, 0.2) is 5.78 Å². The van der Waals surface area contributed by atoms with Crippen molar-refractivity contribution in [2.24, 2.45) is 0 Å². The molecule has 0 aliphatic rings. The monoisotopic (exact) mass is 271 g/mol. The third kappa shape index (κ3) is 4.62. The van der Waals surface area contributed by atoms with Crippen LogP contribution in [0.15, 0.2) is 23.6 Å². The van der Waals surface area contributed by atoms with E-state index >= 15 is 0 Å². The fourth-order valence-electron chi connectivity index (χ4n) is 1.14. The number of nitrogens with zero attached hydrogens (tertiary/aromatic N) is 2. The van der Waals surface area contributed by atoms with E-state index < -0.39 is 5.83 Å². The Morgan fingerprint density at radius 1 is 1.56 bits per heavy atom. The third-order valence-corrected chi connectivity index (χ3v) is 2.68. The number of allylic oxidation sites excluding steroid dienone is 3. The summed E-state index contributed by atoms with van der Waals surface area (Å²) in [6, 6.07) is 0. The number of hydrogen-bond donors (Lipinski definition) is 1. The minimum absolute atomic E-state index is 0.0596. The molecule has 0 atom stereocenters. The van der Waals surface area contributed by atoms with Gasteiger partial charge in [0, 0.05) is 12.0 Å². The van der Waals surface area contributed by atoms with Crippen LogP contribution in [0.2, 0.25) is 0 Å². The Bertz CT molecular complexity index is 482. The van der Waals surface area contributed by atoms with E-state index in [4.69, 9.17) is 10.5 Å². The first kappa shape index (κ1) is 14.3. The van der Waals surface area contributed by atoms with E-state index in [0.717, 1.165) is 11.3 Å². The maximum Gasteiger partial charge on any atom is 0.295 e. The van der Waals surface area contributed by atoms with Crippen LogP contribution < -0.4 is 10.5 Å². The van der Waals surface area contributed by atoms with Gasteiger partial charge in [0.1, 0.15) is 5.83 Å². The zero-order valence-corrected chi connectivity index (χ0v) is 11.0. The fraction of sp³-hybridized carbons (Fsp3) is 0.364. The molecular weight excluding hydrogens is 257 g/mol. The van der Waals surface area contributed by atoms with Gasteiger partial charge >= 0.3 is 0 Å². The van der Waals surface area contributed by atoms with E-state index in [9.17, 15) is 9.18 Å². The minimum Gasteiger partial charge on any atom is -0.468 e. The summed E-state index contributed by atoms with van der Waals surface area (Å²) in [4.78, 5) is 11.1. The maximum atomic E-state index is 13.4. The summed E-state index contributed by atoms with van der Waals surface area (Å²) in [5.74, 6) is -0.596. The van der Waals surface area contributed by atoms with Gasteiger partial charge in [-0.15, -0.1) is 5.10 Å².